The molecule has 4 N–H and O–H groups in total. The lowest BCUT2D eigenvalue weighted by molar-refractivity contribution is 0.276. The van der Waals surface area contributed by atoms with Gasteiger partial charge in [0, 0.05) is 23.4 Å². The van der Waals surface area contributed by atoms with Gasteiger partial charge in [-0.3, -0.25) is 4.55 Å². The predicted octanol–water partition coefficient (Wildman–Crippen LogP) is 0.493. The largest absolute Gasteiger partial charge is 0.389 e. The molecule has 2 aliphatic rings. The molecule has 1 aliphatic carbocycles. The number of thiophene rings is 1. The van der Waals surface area contributed by atoms with E-state index >= 15 is 0 Å². The van der Waals surface area contributed by atoms with E-state index < -0.39 is 10.1 Å². The Morgan fingerprint density at radius 3 is 2.53 bits per heavy atom. The van der Waals surface area contributed by atoms with Gasteiger partial charge in [-0.25, -0.2) is 0 Å². The van der Waals surface area contributed by atoms with Crippen molar-refractivity contribution in [1.29, 1.82) is 5.26 Å². The van der Waals surface area contributed by atoms with Crippen molar-refractivity contribution in [3.8, 4) is 6.07 Å². The van der Waals surface area contributed by atoms with Crippen molar-refractivity contribution < 1.29 is 13.0 Å². The van der Waals surface area contributed by atoms with E-state index in [1.165, 1.54) is 16.9 Å². The van der Waals surface area contributed by atoms with E-state index in [4.69, 9.17) is 15.5 Å². The molecule has 0 radical (unpaired) electrons. The molecule has 1 aromatic heterocycles. The highest BCUT2D eigenvalue weighted by atomic mass is 32.2. The topological polar surface area (TPSA) is 116 Å². The SMILES string of the molecule is CS(=O)(=O)O.N#Cc1c(N)sc2c1C1(CC2)CNC1. The van der Waals surface area contributed by atoms with Gasteiger partial charge in [-0.1, -0.05) is 0 Å². The summed E-state index contributed by atoms with van der Waals surface area (Å²) in [5.41, 5.74) is 8.11. The number of rotatable bonds is 0. The van der Waals surface area contributed by atoms with Gasteiger partial charge in [0.2, 0.25) is 0 Å². The molecule has 1 fully saturated rings. The van der Waals surface area contributed by atoms with Crippen LogP contribution in [-0.4, -0.2) is 32.3 Å². The number of nitrogens with one attached hydrogen (secondary N) is 1. The fourth-order valence-electron chi connectivity index (χ4n) is 2.60. The molecule has 0 bridgehead atoms. The summed E-state index contributed by atoms with van der Waals surface area (Å²) in [5.74, 6) is 0. The first-order valence-corrected chi connectivity index (χ1v) is 8.38. The molecule has 6 nitrogen and oxygen atoms in total. The van der Waals surface area contributed by atoms with Crippen LogP contribution in [0.15, 0.2) is 0 Å². The van der Waals surface area contributed by atoms with Crippen LogP contribution in [0.2, 0.25) is 0 Å². The minimum Gasteiger partial charge on any atom is -0.389 e. The third-order valence-corrected chi connectivity index (χ3v) is 4.49. The van der Waals surface area contributed by atoms with Crippen molar-refractivity contribution in [2.24, 2.45) is 0 Å². The van der Waals surface area contributed by atoms with E-state index in [1.54, 1.807) is 11.3 Å². The number of nitrogens with zero attached hydrogens (tertiary/aromatic N) is 1. The molecule has 0 aromatic carbocycles. The van der Waals surface area contributed by atoms with Crippen molar-refractivity contribution in [3.63, 3.8) is 0 Å². The third-order valence-electron chi connectivity index (χ3n) is 3.41. The molecule has 0 saturated carbocycles. The van der Waals surface area contributed by atoms with Crippen LogP contribution in [0.4, 0.5) is 5.00 Å². The molecule has 19 heavy (non-hydrogen) atoms. The maximum atomic E-state index is 9.19. The minimum absolute atomic E-state index is 0.258. The molecule has 1 saturated heterocycles. The molecule has 0 amide bonds. The first-order chi connectivity index (χ1) is 8.77. The van der Waals surface area contributed by atoms with E-state index in [9.17, 15) is 8.42 Å². The predicted molar refractivity (Wildman–Crippen MR) is 73.8 cm³/mol. The number of anilines is 1. The van der Waals surface area contributed by atoms with Crippen molar-refractivity contribution in [2.45, 2.75) is 18.3 Å². The molecular weight excluding hydrogens is 286 g/mol. The highest BCUT2D eigenvalue weighted by Crippen LogP contribution is 2.48. The number of nitriles is 1. The van der Waals surface area contributed by atoms with Crippen LogP contribution < -0.4 is 11.1 Å². The Kier molecular flexibility index (Phi) is 3.57. The van der Waals surface area contributed by atoms with Crippen LogP contribution in [-0.2, 0) is 22.0 Å². The Labute approximate surface area is 116 Å². The monoisotopic (exact) mass is 301 g/mol. The van der Waals surface area contributed by atoms with Gasteiger partial charge in [-0.05, 0) is 18.4 Å². The summed E-state index contributed by atoms with van der Waals surface area (Å²) in [4.78, 5) is 1.35. The van der Waals surface area contributed by atoms with E-state index in [0.29, 0.717) is 11.3 Å². The quantitative estimate of drug-likeness (QED) is 0.601. The first-order valence-electron chi connectivity index (χ1n) is 5.72. The lowest BCUT2D eigenvalue weighted by atomic mass is 9.76. The van der Waals surface area contributed by atoms with Crippen LogP contribution in [0.25, 0.3) is 0 Å². The van der Waals surface area contributed by atoms with Crippen LogP contribution in [0.1, 0.15) is 22.4 Å². The van der Waals surface area contributed by atoms with Crippen molar-refractivity contribution in [1.82, 2.24) is 5.32 Å². The normalized spacial score (nSPS) is 19.0. The number of aryl methyl sites for hydroxylation is 1. The lowest BCUT2D eigenvalue weighted by Gasteiger charge is -2.40. The average Bonchev–Trinajstić information content (AvgIpc) is 2.69. The Balaban J connectivity index is 0.000000232. The summed E-state index contributed by atoms with van der Waals surface area (Å²) in [5, 5.41) is 13.1. The van der Waals surface area contributed by atoms with Gasteiger partial charge >= 0.3 is 0 Å². The standard InChI is InChI=1S/C10H11N3S.CH4O3S/c11-3-6-8-7(14-9(6)12)1-2-10(8)4-13-5-10;1-5(2,3)4/h13H,1-2,4-5,12H2;1H3,(H,2,3,4). The number of nitrogen functional groups attached to an aromatic ring is 1. The zero-order chi connectivity index (χ0) is 14.3. The molecule has 1 aliphatic heterocycles. The molecular formula is C11H15N3O3S2. The fraction of sp³-hybridized carbons (Fsp3) is 0.545. The number of hydrogen-bond donors (Lipinski definition) is 3. The average molecular weight is 301 g/mol. The van der Waals surface area contributed by atoms with Crippen LogP contribution in [0, 0.1) is 11.3 Å². The molecule has 3 rings (SSSR count). The minimum atomic E-state index is -3.67. The van der Waals surface area contributed by atoms with E-state index in [2.05, 4.69) is 11.4 Å². The van der Waals surface area contributed by atoms with Crippen LogP contribution in [0.3, 0.4) is 0 Å². The summed E-state index contributed by atoms with van der Waals surface area (Å²) in [7, 11) is -3.67. The van der Waals surface area contributed by atoms with Crippen LogP contribution in [0.5, 0.6) is 0 Å². The number of nitrogens with two attached hydrogens (primary N) is 1. The second kappa shape index (κ2) is 4.76. The fourth-order valence-corrected chi connectivity index (χ4v) is 3.74. The Bertz CT molecular complexity index is 631. The Morgan fingerprint density at radius 1 is 1.53 bits per heavy atom. The smallest absolute Gasteiger partial charge is 0.261 e. The van der Waals surface area contributed by atoms with Gasteiger partial charge < -0.3 is 11.1 Å². The van der Waals surface area contributed by atoms with Crippen molar-refractivity contribution in [2.75, 3.05) is 25.1 Å². The molecule has 1 spiro atoms. The lowest BCUT2D eigenvalue weighted by Crippen LogP contribution is -2.55. The Hall–Kier alpha value is -1.14. The van der Waals surface area contributed by atoms with E-state index in [-0.39, 0.29) is 5.41 Å². The second-order valence-corrected chi connectivity index (χ2v) is 7.47. The molecule has 8 heteroatoms. The number of fused-ring (bicyclic) bond motifs is 2. The summed E-state index contributed by atoms with van der Waals surface area (Å²) in [6.07, 6.45) is 3.01. The molecule has 1 aromatic rings. The van der Waals surface area contributed by atoms with Gasteiger partial charge in [0.05, 0.1) is 11.8 Å². The first kappa shape index (κ1) is 14.3. The van der Waals surface area contributed by atoms with Crippen LogP contribution >= 0.6 is 11.3 Å². The molecule has 104 valence electrons. The molecule has 0 unspecified atom stereocenters. The summed E-state index contributed by atoms with van der Waals surface area (Å²) < 4.78 is 25.9. The maximum Gasteiger partial charge on any atom is 0.261 e. The molecule has 2 heterocycles. The van der Waals surface area contributed by atoms with Gasteiger partial charge in [0.25, 0.3) is 10.1 Å². The summed E-state index contributed by atoms with van der Waals surface area (Å²) >= 11 is 1.61. The van der Waals surface area contributed by atoms with Gasteiger partial charge in [0.15, 0.2) is 0 Å². The summed E-state index contributed by atoms with van der Waals surface area (Å²) in [6.45, 7) is 2.04. The summed E-state index contributed by atoms with van der Waals surface area (Å²) in [6, 6.07) is 2.26. The van der Waals surface area contributed by atoms with Gasteiger partial charge in [0.1, 0.15) is 11.1 Å². The number of hydrogen-bond acceptors (Lipinski definition) is 6. The zero-order valence-electron chi connectivity index (χ0n) is 10.4. The van der Waals surface area contributed by atoms with E-state index in [0.717, 1.165) is 25.1 Å². The van der Waals surface area contributed by atoms with E-state index in [1.807, 2.05) is 0 Å². The maximum absolute atomic E-state index is 9.19. The van der Waals surface area contributed by atoms with Gasteiger partial charge in [-0.15, -0.1) is 11.3 Å². The Morgan fingerprint density at radius 2 is 2.11 bits per heavy atom. The highest BCUT2D eigenvalue weighted by Gasteiger charge is 2.47. The van der Waals surface area contributed by atoms with Crippen molar-refractivity contribution >= 4 is 26.5 Å². The van der Waals surface area contributed by atoms with Gasteiger partial charge in [-0.2, -0.15) is 13.7 Å². The third kappa shape index (κ3) is 2.74. The molecule has 0 atom stereocenters. The van der Waals surface area contributed by atoms with Crippen molar-refractivity contribution in [3.05, 3.63) is 16.0 Å². The zero-order valence-corrected chi connectivity index (χ0v) is 12.1. The highest BCUT2D eigenvalue weighted by molar-refractivity contribution is 7.85. The second-order valence-electron chi connectivity index (χ2n) is 4.87.